The van der Waals surface area contributed by atoms with Gasteiger partial charge in [-0.2, -0.15) is 10.5 Å². The van der Waals surface area contributed by atoms with Gasteiger partial charge in [0.25, 0.3) is 0 Å². The summed E-state index contributed by atoms with van der Waals surface area (Å²) in [6, 6.07) is 2.12. The van der Waals surface area contributed by atoms with Crippen molar-refractivity contribution in [2.75, 3.05) is 0 Å². The van der Waals surface area contributed by atoms with E-state index in [9.17, 15) is 15.2 Å². The van der Waals surface area contributed by atoms with Crippen LogP contribution < -0.4 is 16.2 Å². The molecule has 6 N–H and O–H groups in total. The second-order valence-corrected chi connectivity index (χ2v) is 3.17. The average Bonchev–Trinajstić information content (AvgIpc) is 2.16. The molecule has 0 radical (unpaired) electrons. The van der Waals surface area contributed by atoms with Crippen LogP contribution in [0.25, 0.3) is 0 Å². The van der Waals surface area contributed by atoms with Gasteiger partial charge in [-0.25, -0.2) is 10.4 Å². The molecule has 0 heterocycles. The monoisotopic (exact) mass is 229 g/mol. The van der Waals surface area contributed by atoms with Crippen molar-refractivity contribution in [3.05, 3.63) is 33.7 Å². The highest BCUT2D eigenvalue weighted by Crippen LogP contribution is 2.20. The first-order valence-electron chi connectivity index (χ1n) is 4.25. The Morgan fingerprint density at radius 3 is 1.88 bits per heavy atom. The third-order valence-corrected chi connectivity index (χ3v) is 2.15. The highest BCUT2D eigenvalue weighted by Gasteiger charge is 2.18. The van der Waals surface area contributed by atoms with E-state index in [4.69, 9.17) is 16.1 Å². The van der Waals surface area contributed by atoms with Gasteiger partial charge >= 0.3 is 0 Å². The Bertz CT molecular complexity index is 389. The second kappa shape index (κ2) is 4.53. The maximum atomic E-state index is 10.9. The molecule has 0 saturated heterocycles. The smallest absolute Gasteiger partial charge is 0.249 e. The van der Waals surface area contributed by atoms with Gasteiger partial charge < -0.3 is 16.1 Å². The van der Waals surface area contributed by atoms with E-state index in [2.05, 4.69) is 0 Å². The number of quaternary nitrogens is 2. The summed E-state index contributed by atoms with van der Waals surface area (Å²) < 4.78 is 0. The molecular weight excluding hydrogens is 218 g/mol. The van der Waals surface area contributed by atoms with Crippen molar-refractivity contribution >= 4 is 17.3 Å². The quantitative estimate of drug-likeness (QED) is 0.378. The number of hydrogen-bond acceptors (Lipinski definition) is 5. The standard InChI is InChI=1S/C8H11N3O5/c1-4-6(10(13)14)2-5(8(9)12)3-7(4)11(15)16/h2-3,10-11,13,15H,1H3,(H2,9,12). The molecule has 2 atom stereocenters. The van der Waals surface area contributed by atoms with E-state index in [1.807, 2.05) is 0 Å². The zero-order valence-electron chi connectivity index (χ0n) is 8.35. The minimum absolute atomic E-state index is 0.0880. The van der Waals surface area contributed by atoms with Gasteiger partial charge in [0.15, 0.2) is 11.4 Å². The van der Waals surface area contributed by atoms with E-state index < -0.39 is 16.4 Å². The van der Waals surface area contributed by atoms with Crippen molar-refractivity contribution in [2.45, 2.75) is 6.92 Å². The number of carbonyl (C=O) groups is 1. The Hall–Kier alpha value is -1.55. The Kier molecular flexibility index (Phi) is 3.55. The van der Waals surface area contributed by atoms with E-state index in [1.165, 1.54) is 6.92 Å². The number of rotatable bonds is 3. The fraction of sp³-hybridized carbons (Fsp3) is 0.125. The summed E-state index contributed by atoms with van der Waals surface area (Å²) in [5, 5.41) is 36.7. The summed E-state index contributed by atoms with van der Waals surface area (Å²) in [7, 11) is 0. The molecule has 2 unspecified atom stereocenters. The Morgan fingerprint density at radius 2 is 1.62 bits per heavy atom. The number of nitrogens with one attached hydrogen (secondary N) is 2. The number of carbonyl (C=O) groups excluding carboxylic acids is 1. The van der Waals surface area contributed by atoms with Crippen LogP contribution in [0.3, 0.4) is 0 Å². The number of benzene rings is 1. The molecule has 8 nitrogen and oxygen atoms in total. The van der Waals surface area contributed by atoms with Crippen LogP contribution in [0.2, 0.25) is 0 Å². The number of nitrogens with two attached hydrogens (primary N) is 1. The molecule has 88 valence electrons. The van der Waals surface area contributed by atoms with Gasteiger partial charge in [0.05, 0.1) is 11.1 Å². The molecule has 0 aromatic heterocycles. The van der Waals surface area contributed by atoms with Crippen molar-refractivity contribution in [1.29, 1.82) is 0 Å². The van der Waals surface area contributed by atoms with E-state index in [-0.39, 0.29) is 22.5 Å². The van der Waals surface area contributed by atoms with Crippen LogP contribution in [0.15, 0.2) is 12.1 Å². The van der Waals surface area contributed by atoms with E-state index in [0.717, 1.165) is 12.1 Å². The first-order valence-corrected chi connectivity index (χ1v) is 4.25. The van der Waals surface area contributed by atoms with Crippen LogP contribution in [0.4, 0.5) is 11.4 Å². The summed E-state index contributed by atoms with van der Waals surface area (Å²) in [6.45, 7) is 1.36. The Morgan fingerprint density at radius 1 is 1.25 bits per heavy atom. The van der Waals surface area contributed by atoms with Gasteiger partial charge in [0, 0.05) is 12.1 Å². The fourth-order valence-electron chi connectivity index (χ4n) is 1.30. The summed E-state index contributed by atoms with van der Waals surface area (Å²) >= 11 is 0. The summed E-state index contributed by atoms with van der Waals surface area (Å²) in [6.07, 6.45) is 0. The van der Waals surface area contributed by atoms with Crippen LogP contribution in [-0.4, -0.2) is 16.3 Å². The van der Waals surface area contributed by atoms with Gasteiger partial charge in [-0.05, 0) is 6.92 Å². The van der Waals surface area contributed by atoms with Gasteiger partial charge in [0.2, 0.25) is 5.91 Å². The van der Waals surface area contributed by atoms with Crippen LogP contribution in [0.1, 0.15) is 15.9 Å². The van der Waals surface area contributed by atoms with Crippen molar-refractivity contribution in [3.8, 4) is 0 Å². The lowest BCUT2D eigenvalue weighted by Crippen LogP contribution is -3.01. The van der Waals surface area contributed by atoms with Crippen molar-refractivity contribution in [3.63, 3.8) is 0 Å². The first-order chi connectivity index (χ1) is 7.34. The number of primary amides is 1. The van der Waals surface area contributed by atoms with E-state index in [1.54, 1.807) is 0 Å². The predicted octanol–water partition coefficient (Wildman–Crippen LogP) is -2.10. The van der Waals surface area contributed by atoms with Crippen molar-refractivity contribution in [1.82, 2.24) is 0 Å². The van der Waals surface area contributed by atoms with Crippen LogP contribution in [0, 0.1) is 17.3 Å². The lowest BCUT2D eigenvalue weighted by Gasteiger charge is -2.19. The van der Waals surface area contributed by atoms with Gasteiger partial charge in [-0.1, -0.05) is 0 Å². The second-order valence-electron chi connectivity index (χ2n) is 3.17. The molecule has 0 bridgehead atoms. The minimum atomic E-state index is -1.30. The molecule has 0 aliphatic rings. The van der Waals surface area contributed by atoms with Crippen molar-refractivity contribution < 1.29 is 25.7 Å². The zero-order valence-corrected chi connectivity index (χ0v) is 8.35. The zero-order chi connectivity index (χ0) is 12.5. The predicted molar refractivity (Wildman–Crippen MR) is 51.2 cm³/mol. The molecular formula is C8H11N3O5. The molecule has 1 aromatic rings. The molecule has 1 rings (SSSR count). The van der Waals surface area contributed by atoms with Crippen LogP contribution in [0.5, 0.6) is 0 Å². The topological polar surface area (TPSA) is 139 Å². The van der Waals surface area contributed by atoms with E-state index in [0.29, 0.717) is 0 Å². The molecule has 0 saturated carbocycles. The highest BCUT2D eigenvalue weighted by atomic mass is 16.8. The average molecular weight is 229 g/mol. The highest BCUT2D eigenvalue weighted by molar-refractivity contribution is 5.94. The maximum absolute atomic E-state index is 10.9. The third-order valence-electron chi connectivity index (χ3n) is 2.15. The molecule has 8 heteroatoms. The normalized spacial score (nSPS) is 14.6. The van der Waals surface area contributed by atoms with Crippen molar-refractivity contribution in [2.24, 2.45) is 5.73 Å². The SMILES string of the molecule is Cc1c([NH+]([O-])O)cc(C(N)=O)cc1[NH+]([O-])O. The number of amides is 1. The largest absolute Gasteiger partial charge is 0.595 e. The minimum Gasteiger partial charge on any atom is -0.595 e. The molecule has 0 fully saturated rings. The molecule has 16 heavy (non-hydrogen) atoms. The molecule has 0 aliphatic heterocycles. The molecule has 1 amide bonds. The lowest BCUT2D eigenvalue weighted by molar-refractivity contribution is -0.996. The maximum Gasteiger partial charge on any atom is 0.249 e. The van der Waals surface area contributed by atoms with Gasteiger partial charge in [0.1, 0.15) is 0 Å². The third kappa shape index (κ3) is 2.33. The van der Waals surface area contributed by atoms with Gasteiger partial charge in [-0.15, -0.1) is 0 Å². The Balaban J connectivity index is 3.45. The summed E-state index contributed by atoms with van der Waals surface area (Å²) in [4.78, 5) is 10.9. The lowest BCUT2D eigenvalue weighted by atomic mass is 10.1. The Labute approximate surface area is 90.2 Å². The van der Waals surface area contributed by atoms with Crippen LogP contribution >= 0.6 is 0 Å². The van der Waals surface area contributed by atoms with Gasteiger partial charge in [-0.3, -0.25) is 4.79 Å². The first kappa shape index (κ1) is 12.5. The molecule has 0 aliphatic carbocycles. The summed E-state index contributed by atoms with van der Waals surface area (Å²) in [5.41, 5.74) is 4.44. The fourth-order valence-corrected chi connectivity index (χ4v) is 1.30. The molecule has 0 spiro atoms. The molecule has 1 aromatic carbocycles. The summed E-state index contributed by atoms with van der Waals surface area (Å²) in [5.74, 6) is -0.870. The van der Waals surface area contributed by atoms with Crippen LogP contribution in [-0.2, 0) is 0 Å². The van der Waals surface area contributed by atoms with E-state index >= 15 is 0 Å². The number of hydrogen-bond donors (Lipinski definition) is 5.